The van der Waals surface area contributed by atoms with Gasteiger partial charge in [-0.15, -0.1) is 6.42 Å². The van der Waals surface area contributed by atoms with Crippen LogP contribution in [0, 0.1) is 19.3 Å². The Morgan fingerprint density at radius 2 is 2.09 bits per heavy atom. The Labute approximate surface area is 133 Å². The predicted octanol–water partition coefficient (Wildman–Crippen LogP) is 1.66. The van der Waals surface area contributed by atoms with Crippen LogP contribution in [0.15, 0.2) is 43.1 Å². The van der Waals surface area contributed by atoms with E-state index in [0.717, 1.165) is 11.4 Å². The lowest BCUT2D eigenvalue weighted by Gasteiger charge is -2.05. The normalized spacial score (nSPS) is 10.3. The van der Waals surface area contributed by atoms with Crippen molar-refractivity contribution >= 4 is 11.6 Å². The second-order valence-corrected chi connectivity index (χ2v) is 4.85. The number of hydrogen-bond donors (Lipinski definition) is 1. The molecule has 3 heterocycles. The summed E-state index contributed by atoms with van der Waals surface area (Å²) < 4.78 is 3.27. The largest absolute Gasteiger partial charge is 0.319 e. The number of carbonyl (C=O) groups excluding carboxylic acids is 1. The highest BCUT2D eigenvalue weighted by molar-refractivity contribution is 6.04. The van der Waals surface area contributed by atoms with E-state index >= 15 is 0 Å². The standard InChI is InChI=1S/C16H14N6O/c1-3-8-21-11-13(9-18-21)20-16(23)15-10-19-22(12(15)2)14-4-6-17-7-5-14/h1,4-7,9-11H,8H2,2H3,(H,20,23). The Morgan fingerprint density at radius 1 is 1.30 bits per heavy atom. The summed E-state index contributed by atoms with van der Waals surface area (Å²) in [6, 6.07) is 3.65. The summed E-state index contributed by atoms with van der Waals surface area (Å²) in [5.74, 6) is 2.24. The molecule has 7 heteroatoms. The molecule has 1 amide bonds. The Morgan fingerprint density at radius 3 is 2.83 bits per heavy atom. The van der Waals surface area contributed by atoms with Gasteiger partial charge in [-0.2, -0.15) is 10.2 Å². The van der Waals surface area contributed by atoms with Crippen LogP contribution >= 0.6 is 0 Å². The number of amides is 1. The third-order valence-electron chi connectivity index (χ3n) is 3.31. The monoisotopic (exact) mass is 306 g/mol. The lowest BCUT2D eigenvalue weighted by Crippen LogP contribution is -2.12. The smallest absolute Gasteiger partial charge is 0.259 e. The Kier molecular flexibility index (Phi) is 3.89. The molecule has 0 atom stereocenters. The van der Waals surface area contributed by atoms with Crippen LogP contribution in [0.25, 0.3) is 5.69 Å². The van der Waals surface area contributed by atoms with Crippen molar-refractivity contribution in [1.29, 1.82) is 0 Å². The van der Waals surface area contributed by atoms with E-state index in [9.17, 15) is 4.79 Å². The summed E-state index contributed by atoms with van der Waals surface area (Å²) in [6.07, 6.45) is 13.4. The van der Waals surface area contributed by atoms with Gasteiger partial charge in [0.25, 0.3) is 5.91 Å². The van der Waals surface area contributed by atoms with Gasteiger partial charge in [-0.25, -0.2) is 4.68 Å². The van der Waals surface area contributed by atoms with Crippen LogP contribution in [-0.2, 0) is 6.54 Å². The summed E-state index contributed by atoms with van der Waals surface area (Å²) >= 11 is 0. The van der Waals surface area contributed by atoms with Crippen LogP contribution in [0.4, 0.5) is 5.69 Å². The second kappa shape index (κ2) is 6.15. The molecule has 23 heavy (non-hydrogen) atoms. The average Bonchev–Trinajstić information content (AvgIpc) is 3.15. The van der Waals surface area contributed by atoms with E-state index < -0.39 is 0 Å². The lowest BCUT2D eigenvalue weighted by molar-refractivity contribution is 0.102. The zero-order valence-electron chi connectivity index (χ0n) is 12.5. The van der Waals surface area contributed by atoms with Gasteiger partial charge in [0.15, 0.2) is 0 Å². The fraction of sp³-hybridized carbons (Fsp3) is 0.125. The first-order valence-electron chi connectivity index (χ1n) is 6.91. The molecule has 3 aromatic heterocycles. The highest BCUT2D eigenvalue weighted by Gasteiger charge is 2.15. The summed E-state index contributed by atoms with van der Waals surface area (Å²) in [4.78, 5) is 16.4. The number of terminal acetylenes is 1. The fourth-order valence-electron chi connectivity index (χ4n) is 2.18. The van der Waals surface area contributed by atoms with Crippen LogP contribution in [0.3, 0.4) is 0 Å². The van der Waals surface area contributed by atoms with Crippen LogP contribution in [-0.4, -0.2) is 30.5 Å². The van der Waals surface area contributed by atoms with Crippen LogP contribution in [0.1, 0.15) is 16.1 Å². The molecular formula is C16H14N6O. The summed E-state index contributed by atoms with van der Waals surface area (Å²) in [5, 5.41) is 11.1. The van der Waals surface area contributed by atoms with Crippen LogP contribution in [0.2, 0.25) is 0 Å². The SMILES string of the molecule is C#CCn1cc(NC(=O)c2cnn(-c3ccncc3)c2C)cn1. The zero-order chi connectivity index (χ0) is 16.2. The maximum Gasteiger partial charge on any atom is 0.259 e. The first-order valence-corrected chi connectivity index (χ1v) is 6.91. The lowest BCUT2D eigenvalue weighted by atomic mass is 10.2. The number of hydrogen-bond acceptors (Lipinski definition) is 4. The van der Waals surface area contributed by atoms with Crippen molar-refractivity contribution in [3.05, 3.63) is 54.4 Å². The van der Waals surface area contributed by atoms with E-state index in [1.165, 1.54) is 6.20 Å². The minimum absolute atomic E-state index is 0.247. The zero-order valence-corrected chi connectivity index (χ0v) is 12.5. The number of carbonyl (C=O) groups is 1. The molecule has 3 rings (SSSR count). The summed E-state index contributed by atoms with van der Waals surface area (Å²) in [7, 11) is 0. The van der Waals surface area contributed by atoms with E-state index in [0.29, 0.717) is 17.8 Å². The molecule has 0 spiro atoms. The van der Waals surface area contributed by atoms with Crippen molar-refractivity contribution in [3.8, 4) is 18.0 Å². The molecule has 1 N–H and O–H groups in total. The van der Waals surface area contributed by atoms with Crippen LogP contribution in [0.5, 0.6) is 0 Å². The van der Waals surface area contributed by atoms with Crippen molar-refractivity contribution in [2.75, 3.05) is 5.32 Å². The van der Waals surface area contributed by atoms with Crippen molar-refractivity contribution in [1.82, 2.24) is 24.5 Å². The number of anilines is 1. The predicted molar refractivity (Wildman–Crippen MR) is 85.1 cm³/mol. The molecule has 3 aromatic rings. The molecule has 0 aliphatic rings. The van der Waals surface area contributed by atoms with E-state index in [4.69, 9.17) is 6.42 Å². The van der Waals surface area contributed by atoms with Gasteiger partial charge in [0.1, 0.15) is 6.54 Å². The molecule has 0 fully saturated rings. The molecule has 0 aliphatic heterocycles. The molecule has 0 unspecified atom stereocenters. The maximum absolute atomic E-state index is 12.4. The maximum atomic E-state index is 12.4. The van der Waals surface area contributed by atoms with Crippen molar-refractivity contribution < 1.29 is 4.79 Å². The van der Waals surface area contributed by atoms with E-state index in [1.807, 2.05) is 19.1 Å². The third-order valence-corrected chi connectivity index (χ3v) is 3.31. The molecule has 0 bridgehead atoms. The van der Waals surface area contributed by atoms with Gasteiger partial charge < -0.3 is 5.32 Å². The van der Waals surface area contributed by atoms with E-state index in [-0.39, 0.29) is 5.91 Å². The van der Waals surface area contributed by atoms with Gasteiger partial charge in [0, 0.05) is 18.6 Å². The molecule has 0 aliphatic carbocycles. The van der Waals surface area contributed by atoms with E-state index in [2.05, 4.69) is 26.4 Å². The Bertz CT molecular complexity index is 872. The minimum atomic E-state index is -0.247. The number of nitrogens with zero attached hydrogens (tertiary/aromatic N) is 5. The van der Waals surface area contributed by atoms with Gasteiger partial charge >= 0.3 is 0 Å². The highest BCUT2D eigenvalue weighted by atomic mass is 16.1. The molecule has 0 radical (unpaired) electrons. The molecular weight excluding hydrogens is 292 g/mol. The van der Waals surface area contributed by atoms with Gasteiger partial charge in [0.05, 0.1) is 35.0 Å². The van der Waals surface area contributed by atoms with Crippen LogP contribution < -0.4 is 5.32 Å². The average molecular weight is 306 g/mol. The number of nitrogens with one attached hydrogen (secondary N) is 1. The van der Waals surface area contributed by atoms with Crippen molar-refractivity contribution in [2.24, 2.45) is 0 Å². The Balaban J connectivity index is 1.80. The van der Waals surface area contributed by atoms with Gasteiger partial charge in [-0.3, -0.25) is 14.5 Å². The highest BCUT2D eigenvalue weighted by Crippen LogP contribution is 2.15. The molecule has 0 saturated heterocycles. The summed E-state index contributed by atoms with van der Waals surface area (Å²) in [5.41, 5.74) is 2.66. The quantitative estimate of drug-likeness (QED) is 0.744. The summed E-state index contributed by atoms with van der Waals surface area (Å²) in [6.45, 7) is 2.19. The number of rotatable bonds is 4. The van der Waals surface area contributed by atoms with E-state index in [1.54, 1.807) is 34.2 Å². The third kappa shape index (κ3) is 2.96. The number of aromatic nitrogens is 5. The van der Waals surface area contributed by atoms with Gasteiger partial charge in [-0.1, -0.05) is 5.92 Å². The molecule has 114 valence electrons. The first-order chi connectivity index (χ1) is 11.2. The second-order valence-electron chi connectivity index (χ2n) is 4.85. The van der Waals surface area contributed by atoms with Gasteiger partial charge in [0.2, 0.25) is 0 Å². The minimum Gasteiger partial charge on any atom is -0.319 e. The van der Waals surface area contributed by atoms with Crippen molar-refractivity contribution in [3.63, 3.8) is 0 Å². The van der Waals surface area contributed by atoms with Gasteiger partial charge in [-0.05, 0) is 19.1 Å². The molecule has 0 aromatic carbocycles. The molecule has 7 nitrogen and oxygen atoms in total. The fourth-order valence-corrected chi connectivity index (χ4v) is 2.18. The molecule has 0 saturated carbocycles. The first kappa shape index (κ1) is 14.5. The Hall–Kier alpha value is -3.40. The number of pyridine rings is 1. The topological polar surface area (TPSA) is 77.6 Å². The van der Waals surface area contributed by atoms with Crippen molar-refractivity contribution in [2.45, 2.75) is 13.5 Å².